The second kappa shape index (κ2) is 8.77. The van der Waals surface area contributed by atoms with Crippen LogP contribution in [-0.4, -0.2) is 21.9 Å². The largest absolute Gasteiger partial charge is 0.393 e. The molecule has 0 bridgehead atoms. The molecule has 0 atom stereocenters. The number of benzene rings is 2. The third-order valence-corrected chi connectivity index (χ3v) is 5.41. The fourth-order valence-corrected chi connectivity index (χ4v) is 3.83. The first-order valence-corrected chi connectivity index (χ1v) is 10.1. The number of hydrogen-bond acceptors (Lipinski definition) is 6. The van der Waals surface area contributed by atoms with E-state index in [0.29, 0.717) is 28.9 Å². The normalized spacial score (nSPS) is 14.9. The van der Waals surface area contributed by atoms with E-state index >= 15 is 0 Å². The van der Waals surface area contributed by atoms with Crippen LogP contribution in [0.15, 0.2) is 48.8 Å². The minimum Gasteiger partial charge on any atom is -0.393 e. The Bertz CT molecular complexity index is 992. The van der Waals surface area contributed by atoms with Crippen LogP contribution in [0.1, 0.15) is 48.9 Å². The molecule has 1 aliphatic carbocycles. The van der Waals surface area contributed by atoms with Gasteiger partial charge in [0.1, 0.15) is 12.0 Å². The third-order valence-electron chi connectivity index (χ3n) is 5.41. The molecule has 2 aromatic carbocycles. The Hall–Kier alpha value is -3.35. The fraction of sp³-hybridized carbons (Fsp3) is 0.318. The monoisotopic (exact) mass is 390 g/mol. The van der Waals surface area contributed by atoms with Gasteiger partial charge in [0.2, 0.25) is 0 Å². The van der Waals surface area contributed by atoms with Crippen LogP contribution in [0.5, 0.6) is 0 Å². The number of anilines is 3. The SMILES string of the molecule is Nc1c(NNC(=O)c2cccc3ccccc23)ncnc1NC1CCCCCC1. The molecule has 1 amide bonds. The molecule has 0 saturated heterocycles. The summed E-state index contributed by atoms with van der Waals surface area (Å²) in [7, 11) is 0. The maximum absolute atomic E-state index is 12.7. The van der Waals surface area contributed by atoms with Gasteiger partial charge in [0.25, 0.3) is 5.91 Å². The Morgan fingerprint density at radius 1 is 0.931 bits per heavy atom. The molecule has 0 spiro atoms. The van der Waals surface area contributed by atoms with Crippen LogP contribution in [0.4, 0.5) is 17.3 Å². The Balaban J connectivity index is 1.46. The maximum Gasteiger partial charge on any atom is 0.270 e. The lowest BCUT2D eigenvalue weighted by molar-refractivity contribution is 0.0964. The molecule has 150 valence electrons. The van der Waals surface area contributed by atoms with Gasteiger partial charge in [-0.15, -0.1) is 0 Å². The molecule has 0 unspecified atom stereocenters. The molecule has 1 aromatic heterocycles. The van der Waals surface area contributed by atoms with Crippen molar-refractivity contribution in [2.24, 2.45) is 0 Å². The molecule has 3 aromatic rings. The minimum atomic E-state index is -0.252. The highest BCUT2D eigenvalue weighted by Gasteiger charge is 2.16. The second-order valence-corrected chi connectivity index (χ2v) is 7.42. The van der Waals surface area contributed by atoms with Gasteiger partial charge in [0, 0.05) is 11.6 Å². The highest BCUT2D eigenvalue weighted by Crippen LogP contribution is 2.26. The van der Waals surface area contributed by atoms with E-state index in [1.165, 1.54) is 32.0 Å². The lowest BCUT2D eigenvalue weighted by Crippen LogP contribution is -2.30. The van der Waals surface area contributed by atoms with Crippen molar-refractivity contribution in [1.29, 1.82) is 0 Å². The van der Waals surface area contributed by atoms with Crippen molar-refractivity contribution in [3.8, 4) is 0 Å². The summed E-state index contributed by atoms with van der Waals surface area (Å²) in [5.41, 5.74) is 12.8. The van der Waals surface area contributed by atoms with E-state index < -0.39 is 0 Å². The van der Waals surface area contributed by atoms with E-state index in [4.69, 9.17) is 5.73 Å². The van der Waals surface area contributed by atoms with Crippen molar-refractivity contribution < 1.29 is 4.79 Å². The molecule has 1 fully saturated rings. The number of fused-ring (bicyclic) bond motifs is 1. The van der Waals surface area contributed by atoms with E-state index in [0.717, 1.165) is 23.6 Å². The van der Waals surface area contributed by atoms with Crippen LogP contribution in [0.2, 0.25) is 0 Å². The molecule has 4 rings (SSSR count). The van der Waals surface area contributed by atoms with E-state index in [-0.39, 0.29) is 5.91 Å². The Morgan fingerprint density at radius 2 is 1.66 bits per heavy atom. The Morgan fingerprint density at radius 3 is 2.48 bits per heavy atom. The molecule has 7 heteroatoms. The number of nitrogen functional groups attached to an aromatic ring is 1. The van der Waals surface area contributed by atoms with Gasteiger partial charge in [-0.1, -0.05) is 62.1 Å². The van der Waals surface area contributed by atoms with E-state index in [9.17, 15) is 4.79 Å². The van der Waals surface area contributed by atoms with E-state index in [1.807, 2.05) is 36.4 Å². The summed E-state index contributed by atoms with van der Waals surface area (Å²) in [6.45, 7) is 0. The van der Waals surface area contributed by atoms with E-state index in [2.05, 4.69) is 26.1 Å². The highest BCUT2D eigenvalue weighted by molar-refractivity contribution is 6.07. The first-order valence-electron chi connectivity index (χ1n) is 10.1. The summed E-state index contributed by atoms with van der Waals surface area (Å²) < 4.78 is 0. The smallest absolute Gasteiger partial charge is 0.270 e. The van der Waals surface area contributed by atoms with Crippen molar-refractivity contribution in [2.75, 3.05) is 16.5 Å². The zero-order chi connectivity index (χ0) is 20.1. The van der Waals surface area contributed by atoms with Crippen LogP contribution < -0.4 is 21.9 Å². The molecular weight excluding hydrogens is 364 g/mol. The number of rotatable bonds is 5. The van der Waals surface area contributed by atoms with E-state index in [1.54, 1.807) is 6.07 Å². The molecule has 5 N–H and O–H groups in total. The van der Waals surface area contributed by atoms with Crippen molar-refractivity contribution in [1.82, 2.24) is 15.4 Å². The highest BCUT2D eigenvalue weighted by atomic mass is 16.2. The molecule has 7 nitrogen and oxygen atoms in total. The third kappa shape index (κ3) is 4.39. The van der Waals surface area contributed by atoms with Crippen LogP contribution >= 0.6 is 0 Å². The molecule has 1 heterocycles. The average molecular weight is 390 g/mol. The van der Waals surface area contributed by atoms with Gasteiger partial charge in [-0.05, 0) is 29.7 Å². The summed E-state index contributed by atoms with van der Waals surface area (Å²) in [5.74, 6) is 0.733. The van der Waals surface area contributed by atoms with Crippen molar-refractivity contribution in [3.63, 3.8) is 0 Å². The maximum atomic E-state index is 12.7. The average Bonchev–Trinajstić information content (AvgIpc) is 3.02. The Kier molecular flexibility index (Phi) is 5.74. The number of carbonyl (C=O) groups is 1. The molecule has 1 aliphatic rings. The van der Waals surface area contributed by atoms with Crippen LogP contribution in [0.25, 0.3) is 10.8 Å². The Labute approximate surface area is 170 Å². The predicted molar refractivity (Wildman–Crippen MR) is 117 cm³/mol. The van der Waals surface area contributed by atoms with Crippen molar-refractivity contribution in [3.05, 3.63) is 54.4 Å². The van der Waals surface area contributed by atoms with Gasteiger partial charge in [0.05, 0.1) is 0 Å². The minimum absolute atomic E-state index is 0.252. The molecule has 0 radical (unpaired) electrons. The summed E-state index contributed by atoms with van der Waals surface area (Å²) >= 11 is 0. The predicted octanol–water partition coefficient (Wildman–Crippen LogP) is 4.10. The number of nitrogens with two attached hydrogens (primary N) is 1. The van der Waals surface area contributed by atoms with Gasteiger partial charge in [-0.3, -0.25) is 15.6 Å². The summed E-state index contributed by atoms with van der Waals surface area (Å²) in [4.78, 5) is 21.2. The lowest BCUT2D eigenvalue weighted by atomic mass is 10.0. The zero-order valence-corrected chi connectivity index (χ0v) is 16.3. The molecule has 1 saturated carbocycles. The number of carbonyl (C=O) groups excluding carboxylic acids is 1. The van der Waals surface area contributed by atoms with Crippen LogP contribution in [0, 0.1) is 0 Å². The quantitative estimate of drug-likeness (QED) is 0.386. The van der Waals surface area contributed by atoms with Gasteiger partial charge < -0.3 is 11.1 Å². The topological polar surface area (TPSA) is 105 Å². The first-order chi connectivity index (χ1) is 14.2. The summed E-state index contributed by atoms with van der Waals surface area (Å²) in [6.07, 6.45) is 8.68. The second-order valence-electron chi connectivity index (χ2n) is 7.42. The van der Waals surface area contributed by atoms with Gasteiger partial charge in [0.15, 0.2) is 11.6 Å². The number of aromatic nitrogens is 2. The number of amides is 1. The van der Waals surface area contributed by atoms with Gasteiger partial charge >= 0.3 is 0 Å². The van der Waals surface area contributed by atoms with Gasteiger partial charge in [-0.2, -0.15) is 0 Å². The summed E-state index contributed by atoms with van der Waals surface area (Å²) in [6, 6.07) is 13.8. The number of hydrazine groups is 1. The zero-order valence-electron chi connectivity index (χ0n) is 16.3. The molecule has 29 heavy (non-hydrogen) atoms. The first kappa shape index (κ1) is 19.0. The number of nitrogens with one attached hydrogen (secondary N) is 3. The number of nitrogens with zero attached hydrogens (tertiary/aromatic N) is 2. The van der Waals surface area contributed by atoms with Crippen LogP contribution in [0.3, 0.4) is 0 Å². The van der Waals surface area contributed by atoms with Crippen molar-refractivity contribution >= 4 is 34.0 Å². The molecular formula is C22H26N6O. The van der Waals surface area contributed by atoms with Crippen molar-refractivity contribution in [2.45, 2.75) is 44.6 Å². The van der Waals surface area contributed by atoms with Gasteiger partial charge in [-0.25, -0.2) is 9.97 Å². The fourth-order valence-electron chi connectivity index (χ4n) is 3.83. The lowest BCUT2D eigenvalue weighted by Gasteiger charge is -2.19. The molecule has 0 aliphatic heterocycles. The number of hydrogen-bond donors (Lipinski definition) is 4. The summed E-state index contributed by atoms with van der Waals surface area (Å²) in [5, 5.41) is 5.34. The van der Waals surface area contributed by atoms with Crippen LogP contribution in [-0.2, 0) is 0 Å². The standard InChI is InChI=1S/C22H26N6O/c23-19-20(26-16-10-3-1-2-4-11-16)24-14-25-21(19)27-28-22(29)18-13-7-9-15-8-5-6-12-17(15)18/h5-9,12-14,16H,1-4,10-11,23H2,(H,28,29)(H2,24,25,26,27).